The fourth-order valence-corrected chi connectivity index (χ4v) is 8.37. The predicted molar refractivity (Wildman–Crippen MR) is 198 cm³/mol. The topological polar surface area (TPSA) is 72.6 Å². The summed E-state index contributed by atoms with van der Waals surface area (Å²) in [6.07, 6.45) is 3.83. The van der Waals surface area contributed by atoms with Crippen LogP contribution >= 0.6 is 0 Å². The molecule has 9 heteroatoms. The summed E-state index contributed by atoms with van der Waals surface area (Å²) in [5.74, 6) is 5.27. The van der Waals surface area contributed by atoms with Crippen molar-refractivity contribution in [2.45, 2.75) is 26.2 Å². The van der Waals surface area contributed by atoms with E-state index in [1.165, 1.54) is 5.56 Å². The van der Waals surface area contributed by atoms with Crippen molar-refractivity contribution in [1.29, 1.82) is 0 Å². The Hall–Kier alpha value is -6.48. The van der Waals surface area contributed by atoms with Crippen LogP contribution in [-0.4, -0.2) is 25.8 Å². The van der Waals surface area contributed by atoms with Crippen LogP contribution in [0.15, 0.2) is 110 Å². The van der Waals surface area contributed by atoms with Gasteiger partial charge in [-0.2, -0.15) is 0 Å². The SMILES string of the molecule is CC(C)(C)c1ccc(-c2cc3c4c(c2)-n2cnc5cc6c(c(c52)B4c2c4c(cc5ncn-3c25)Oc2ccccc2O4)Oc2ccccc2O6)cc1. The summed E-state index contributed by atoms with van der Waals surface area (Å²) >= 11 is 0. The quantitative estimate of drug-likeness (QED) is 0.165. The van der Waals surface area contributed by atoms with Crippen molar-refractivity contribution >= 4 is 45.2 Å². The van der Waals surface area contributed by atoms with Crippen molar-refractivity contribution in [2.24, 2.45) is 0 Å². The molecule has 0 aliphatic carbocycles. The van der Waals surface area contributed by atoms with Crippen LogP contribution in [0.5, 0.6) is 46.0 Å². The third-order valence-corrected chi connectivity index (χ3v) is 10.7. The molecule has 0 fully saturated rings. The Balaban J connectivity index is 1.19. The van der Waals surface area contributed by atoms with E-state index in [0.717, 1.165) is 61.0 Å². The zero-order valence-electron chi connectivity index (χ0n) is 27.9. The van der Waals surface area contributed by atoms with Crippen LogP contribution in [-0.2, 0) is 5.41 Å². The van der Waals surface area contributed by atoms with Crippen molar-refractivity contribution in [1.82, 2.24) is 19.1 Å². The minimum atomic E-state index is -0.321. The Morgan fingerprint density at radius 1 is 0.510 bits per heavy atom. The molecule has 51 heavy (non-hydrogen) atoms. The first-order valence-corrected chi connectivity index (χ1v) is 17.2. The van der Waals surface area contributed by atoms with E-state index in [9.17, 15) is 0 Å². The average Bonchev–Trinajstić information content (AvgIpc) is 3.77. The molecular formula is C42H27BN4O4. The molecule has 0 unspecified atom stereocenters. The van der Waals surface area contributed by atoms with Crippen LogP contribution in [0.2, 0.25) is 0 Å². The maximum Gasteiger partial charge on any atom is 0.262 e. The molecule has 0 N–H and O–H groups in total. The summed E-state index contributed by atoms with van der Waals surface area (Å²) < 4.78 is 31.1. The third-order valence-electron chi connectivity index (χ3n) is 10.7. The fourth-order valence-electron chi connectivity index (χ4n) is 8.37. The Kier molecular flexibility index (Phi) is 4.93. The van der Waals surface area contributed by atoms with E-state index in [0.29, 0.717) is 46.0 Å². The molecule has 2 aromatic heterocycles. The molecule has 0 spiro atoms. The van der Waals surface area contributed by atoms with Gasteiger partial charge < -0.3 is 18.9 Å². The van der Waals surface area contributed by atoms with Gasteiger partial charge in [0.25, 0.3) is 6.71 Å². The number of ether oxygens (including phenoxy) is 4. The zero-order valence-corrected chi connectivity index (χ0v) is 27.9. The lowest BCUT2D eigenvalue weighted by molar-refractivity contribution is 0.362. The Morgan fingerprint density at radius 2 is 0.980 bits per heavy atom. The second-order valence-corrected chi connectivity index (χ2v) is 14.7. The highest BCUT2D eigenvalue weighted by Crippen LogP contribution is 2.50. The van der Waals surface area contributed by atoms with E-state index in [-0.39, 0.29) is 12.1 Å². The van der Waals surface area contributed by atoms with E-state index in [2.05, 4.69) is 66.3 Å². The van der Waals surface area contributed by atoms with Crippen molar-refractivity contribution in [3.05, 3.63) is 115 Å². The second-order valence-electron chi connectivity index (χ2n) is 14.7. The van der Waals surface area contributed by atoms with Gasteiger partial charge in [-0.05, 0) is 64.0 Å². The van der Waals surface area contributed by atoms with Crippen molar-refractivity contribution in [2.75, 3.05) is 0 Å². The predicted octanol–water partition coefficient (Wildman–Crippen LogP) is 8.27. The number of aromatic nitrogens is 4. The smallest absolute Gasteiger partial charge is 0.262 e. The summed E-state index contributed by atoms with van der Waals surface area (Å²) in [4.78, 5) is 9.94. The molecule has 0 amide bonds. The first-order valence-electron chi connectivity index (χ1n) is 17.2. The molecule has 242 valence electrons. The van der Waals surface area contributed by atoms with Gasteiger partial charge in [-0.25, -0.2) is 9.97 Å². The van der Waals surface area contributed by atoms with Crippen LogP contribution in [0.25, 0.3) is 44.6 Å². The standard InChI is InChI=1S/C42H27BN4O4/c1-42(2,3)24-14-12-22(13-15-24)23-16-27-35-28(17-23)47-21-45-26-19-34-41(51-32-11-7-5-9-30(32)49-34)37(39(26)47)43(35)36-38-25(44-20-46(27)38)18-33-40(36)50-31-10-6-4-8-29(31)48-33/h4-21H,1-3H3. The lowest BCUT2D eigenvalue weighted by Gasteiger charge is -2.36. The minimum Gasteiger partial charge on any atom is -0.450 e. The van der Waals surface area contributed by atoms with E-state index in [1.807, 2.05) is 73.3 Å². The van der Waals surface area contributed by atoms with Gasteiger partial charge >= 0.3 is 0 Å². The molecule has 0 radical (unpaired) electrons. The Morgan fingerprint density at radius 3 is 1.45 bits per heavy atom. The molecule has 4 aliphatic heterocycles. The number of benzene rings is 6. The average molecular weight is 663 g/mol. The summed E-state index contributed by atoms with van der Waals surface area (Å²) in [6.45, 7) is 6.41. The van der Waals surface area contributed by atoms with Gasteiger partial charge in [0, 0.05) is 34.4 Å². The Labute approximate surface area is 292 Å². The van der Waals surface area contributed by atoms with Crippen LogP contribution < -0.4 is 35.3 Å². The van der Waals surface area contributed by atoms with Crippen LogP contribution in [0.3, 0.4) is 0 Å². The molecule has 12 rings (SSSR count). The minimum absolute atomic E-state index is 0.0583. The molecule has 0 bridgehead atoms. The summed E-state index contributed by atoms with van der Waals surface area (Å²) in [6, 6.07) is 33.0. The van der Waals surface area contributed by atoms with Gasteiger partial charge in [0.1, 0.15) is 12.7 Å². The maximum absolute atomic E-state index is 6.81. The third kappa shape index (κ3) is 3.54. The van der Waals surface area contributed by atoms with Gasteiger partial charge in [-0.15, -0.1) is 0 Å². The number of nitrogens with zero attached hydrogens (tertiary/aromatic N) is 4. The van der Waals surface area contributed by atoms with Crippen LogP contribution in [0, 0.1) is 0 Å². The fraction of sp³-hybridized carbons (Fsp3) is 0.0952. The van der Waals surface area contributed by atoms with Crippen LogP contribution in [0.4, 0.5) is 0 Å². The van der Waals surface area contributed by atoms with Crippen molar-refractivity contribution in [3.63, 3.8) is 0 Å². The van der Waals surface area contributed by atoms with E-state index in [1.54, 1.807) is 0 Å². The number of rotatable bonds is 1. The molecular weight excluding hydrogens is 635 g/mol. The van der Waals surface area contributed by atoms with E-state index in [4.69, 9.17) is 28.9 Å². The number of imidazole rings is 2. The summed E-state index contributed by atoms with van der Waals surface area (Å²) in [5, 5.41) is 0. The highest BCUT2D eigenvalue weighted by molar-refractivity contribution is 7.01. The molecule has 0 saturated heterocycles. The first-order chi connectivity index (χ1) is 24.9. The molecule has 6 aromatic carbocycles. The van der Waals surface area contributed by atoms with Gasteiger partial charge in [-0.3, -0.25) is 9.13 Å². The number of para-hydroxylation sites is 4. The molecule has 6 heterocycles. The number of hydrogen-bond acceptors (Lipinski definition) is 6. The maximum atomic E-state index is 6.81. The van der Waals surface area contributed by atoms with E-state index < -0.39 is 0 Å². The lowest BCUT2D eigenvalue weighted by Crippen LogP contribution is -2.60. The molecule has 0 atom stereocenters. The lowest BCUT2D eigenvalue weighted by atomic mass is 9.33. The second kappa shape index (κ2) is 9.19. The largest absolute Gasteiger partial charge is 0.450 e. The van der Waals surface area contributed by atoms with Crippen LogP contribution in [0.1, 0.15) is 26.3 Å². The van der Waals surface area contributed by atoms with Gasteiger partial charge in [0.05, 0.1) is 22.1 Å². The highest BCUT2D eigenvalue weighted by Gasteiger charge is 2.47. The molecule has 8 nitrogen and oxygen atoms in total. The molecule has 4 aliphatic rings. The summed E-state index contributed by atoms with van der Waals surface area (Å²) in [7, 11) is 0. The molecule has 8 aromatic rings. The van der Waals surface area contributed by atoms with Crippen molar-refractivity contribution in [3.8, 4) is 68.5 Å². The van der Waals surface area contributed by atoms with Gasteiger partial charge in [-0.1, -0.05) is 69.3 Å². The first kappa shape index (κ1) is 27.4. The number of hydrogen-bond donors (Lipinski definition) is 0. The molecule has 0 saturated carbocycles. The zero-order chi connectivity index (χ0) is 33.7. The number of fused-ring (bicyclic) bond motifs is 10. The highest BCUT2D eigenvalue weighted by atomic mass is 16.6. The van der Waals surface area contributed by atoms with Crippen molar-refractivity contribution < 1.29 is 18.9 Å². The Bertz CT molecular complexity index is 2700. The van der Waals surface area contributed by atoms with Gasteiger partial charge in [0.2, 0.25) is 0 Å². The van der Waals surface area contributed by atoms with Gasteiger partial charge in [0.15, 0.2) is 46.0 Å². The normalized spacial score (nSPS) is 14.0. The van der Waals surface area contributed by atoms with E-state index >= 15 is 0 Å². The monoisotopic (exact) mass is 662 g/mol. The summed E-state index contributed by atoms with van der Waals surface area (Å²) in [5.41, 5.74) is 12.3.